The van der Waals surface area contributed by atoms with Gasteiger partial charge in [-0.2, -0.15) is 0 Å². The second-order valence-electron chi connectivity index (χ2n) is 3.36. The van der Waals surface area contributed by atoms with Crippen LogP contribution in [0.25, 0.3) is 0 Å². The van der Waals surface area contributed by atoms with Crippen LogP contribution in [0.2, 0.25) is 0 Å². The number of hydrogen-bond donors (Lipinski definition) is 0. The summed E-state index contributed by atoms with van der Waals surface area (Å²) in [6, 6.07) is 6.47. The monoisotopic (exact) mass is 267 g/mol. The highest BCUT2D eigenvalue weighted by atomic mass is 32.2. The topological polar surface area (TPSA) is 30.0 Å². The Bertz CT molecular complexity index is 499. The molecule has 0 amide bonds. The number of thioether (sulfide) groups is 1. The minimum Gasteiger partial charge on any atom is -0.298 e. The largest absolute Gasteiger partial charge is 0.298 e. The van der Waals surface area contributed by atoms with E-state index >= 15 is 0 Å². The van der Waals surface area contributed by atoms with Gasteiger partial charge in [-0.3, -0.25) is 4.79 Å². The van der Waals surface area contributed by atoms with Gasteiger partial charge in [0.25, 0.3) is 0 Å². The van der Waals surface area contributed by atoms with Crippen LogP contribution in [0, 0.1) is 5.82 Å². The van der Waals surface area contributed by atoms with Crippen LogP contribution in [0.5, 0.6) is 0 Å². The first kappa shape index (κ1) is 12.3. The van der Waals surface area contributed by atoms with Crippen molar-refractivity contribution in [3.63, 3.8) is 0 Å². The van der Waals surface area contributed by atoms with Gasteiger partial charge in [-0.15, -0.1) is 23.1 Å². The van der Waals surface area contributed by atoms with Crippen molar-refractivity contribution in [2.24, 2.45) is 0 Å². The van der Waals surface area contributed by atoms with E-state index in [2.05, 4.69) is 4.98 Å². The normalized spacial score (nSPS) is 10.4. The van der Waals surface area contributed by atoms with Crippen molar-refractivity contribution < 1.29 is 9.18 Å². The standard InChI is InChI=1S/C12H10FNOS2/c13-10-3-1-2-4-11(10)17-8-9(15)7-12-14-5-6-16-12/h1-6H,7-8H2. The lowest BCUT2D eigenvalue weighted by atomic mass is 10.3. The summed E-state index contributed by atoms with van der Waals surface area (Å²) in [7, 11) is 0. The van der Waals surface area contributed by atoms with E-state index in [-0.39, 0.29) is 17.4 Å². The Hall–Kier alpha value is -1.20. The van der Waals surface area contributed by atoms with Crippen LogP contribution in [0.15, 0.2) is 40.7 Å². The fraction of sp³-hybridized carbons (Fsp3) is 0.167. The van der Waals surface area contributed by atoms with Gasteiger partial charge in [0.1, 0.15) is 11.6 Å². The molecule has 0 aliphatic heterocycles. The minimum atomic E-state index is -0.278. The summed E-state index contributed by atoms with van der Waals surface area (Å²) in [6.45, 7) is 0. The van der Waals surface area contributed by atoms with E-state index in [9.17, 15) is 9.18 Å². The summed E-state index contributed by atoms with van der Waals surface area (Å²) in [5, 5.41) is 2.65. The Morgan fingerprint density at radius 3 is 2.94 bits per heavy atom. The zero-order valence-corrected chi connectivity index (χ0v) is 10.6. The van der Waals surface area contributed by atoms with Gasteiger partial charge >= 0.3 is 0 Å². The molecule has 1 aromatic heterocycles. The number of ketones is 1. The molecular weight excluding hydrogens is 257 g/mol. The Morgan fingerprint density at radius 1 is 1.41 bits per heavy atom. The maximum atomic E-state index is 13.3. The molecule has 2 aromatic rings. The van der Waals surface area contributed by atoms with Crippen LogP contribution in [0.3, 0.4) is 0 Å². The molecule has 0 atom stereocenters. The van der Waals surface area contributed by atoms with Crippen molar-refractivity contribution in [3.05, 3.63) is 46.7 Å². The molecule has 0 bridgehead atoms. The minimum absolute atomic E-state index is 0.0632. The van der Waals surface area contributed by atoms with Crippen LogP contribution >= 0.6 is 23.1 Å². The first-order valence-corrected chi connectivity index (χ1v) is 6.89. The van der Waals surface area contributed by atoms with Crippen LogP contribution in [-0.4, -0.2) is 16.5 Å². The lowest BCUT2D eigenvalue weighted by Gasteiger charge is -2.01. The van der Waals surface area contributed by atoms with Gasteiger partial charge in [0.15, 0.2) is 0 Å². The highest BCUT2D eigenvalue weighted by molar-refractivity contribution is 8.00. The number of carbonyl (C=O) groups is 1. The second kappa shape index (κ2) is 5.93. The highest BCUT2D eigenvalue weighted by Crippen LogP contribution is 2.21. The Labute approximate surface area is 107 Å². The molecule has 88 valence electrons. The summed E-state index contributed by atoms with van der Waals surface area (Å²) in [4.78, 5) is 16.2. The van der Waals surface area contributed by atoms with Crippen molar-refractivity contribution in [1.82, 2.24) is 4.98 Å². The number of thiazole rings is 1. The number of benzene rings is 1. The molecule has 0 aliphatic rings. The molecule has 5 heteroatoms. The fourth-order valence-corrected chi connectivity index (χ4v) is 2.72. The van der Waals surface area contributed by atoms with E-state index in [1.54, 1.807) is 24.4 Å². The Kier molecular flexibility index (Phi) is 4.28. The Balaban J connectivity index is 1.86. The van der Waals surface area contributed by atoms with Crippen molar-refractivity contribution in [3.8, 4) is 0 Å². The van der Waals surface area contributed by atoms with Gasteiger partial charge in [0, 0.05) is 16.5 Å². The lowest BCUT2D eigenvalue weighted by Crippen LogP contribution is -2.05. The Morgan fingerprint density at radius 2 is 2.24 bits per heavy atom. The molecule has 1 aromatic carbocycles. The van der Waals surface area contributed by atoms with Gasteiger partial charge in [-0.05, 0) is 12.1 Å². The molecule has 17 heavy (non-hydrogen) atoms. The molecule has 0 aliphatic carbocycles. The van der Waals surface area contributed by atoms with Crippen LogP contribution in [0.1, 0.15) is 5.01 Å². The predicted octanol–water partition coefficient (Wildman–Crippen LogP) is 3.19. The summed E-state index contributed by atoms with van der Waals surface area (Å²) in [6.07, 6.45) is 2.01. The number of nitrogens with zero attached hydrogens (tertiary/aromatic N) is 1. The first-order valence-electron chi connectivity index (χ1n) is 5.03. The van der Waals surface area contributed by atoms with E-state index in [1.807, 2.05) is 5.38 Å². The molecule has 0 fully saturated rings. The average molecular weight is 267 g/mol. The molecule has 0 N–H and O–H groups in total. The third kappa shape index (κ3) is 3.64. The highest BCUT2D eigenvalue weighted by Gasteiger charge is 2.08. The van der Waals surface area contributed by atoms with Crippen molar-refractivity contribution in [1.29, 1.82) is 0 Å². The second-order valence-corrected chi connectivity index (χ2v) is 5.36. The molecule has 2 rings (SSSR count). The summed E-state index contributed by atoms with van der Waals surface area (Å²) in [5.74, 6) is 0.0632. The van der Waals surface area contributed by atoms with Crippen molar-refractivity contribution in [2.45, 2.75) is 11.3 Å². The predicted molar refractivity (Wildman–Crippen MR) is 67.9 cm³/mol. The maximum Gasteiger partial charge on any atom is 0.149 e. The average Bonchev–Trinajstić information content (AvgIpc) is 2.81. The fourth-order valence-electron chi connectivity index (χ4n) is 1.28. The van der Waals surface area contributed by atoms with Gasteiger partial charge in [-0.1, -0.05) is 12.1 Å². The van der Waals surface area contributed by atoms with Crippen LogP contribution in [0.4, 0.5) is 4.39 Å². The van der Waals surface area contributed by atoms with E-state index in [1.165, 1.54) is 29.2 Å². The van der Waals surface area contributed by atoms with E-state index in [0.717, 1.165) is 5.01 Å². The molecule has 0 saturated heterocycles. The van der Waals surface area contributed by atoms with E-state index in [0.29, 0.717) is 11.3 Å². The summed E-state index contributed by atoms with van der Waals surface area (Å²) < 4.78 is 13.3. The van der Waals surface area contributed by atoms with E-state index in [4.69, 9.17) is 0 Å². The van der Waals surface area contributed by atoms with Gasteiger partial charge in [-0.25, -0.2) is 9.37 Å². The molecular formula is C12H10FNOS2. The number of Topliss-reactive ketones (excluding diaryl/α,β-unsaturated/α-hetero) is 1. The van der Waals surface area contributed by atoms with Gasteiger partial charge < -0.3 is 0 Å². The number of rotatable bonds is 5. The number of carbonyl (C=O) groups excluding carboxylic acids is 1. The maximum absolute atomic E-state index is 13.3. The molecule has 0 saturated carbocycles. The van der Waals surface area contributed by atoms with Crippen molar-refractivity contribution >= 4 is 28.9 Å². The third-order valence-electron chi connectivity index (χ3n) is 2.06. The molecule has 0 unspecified atom stereocenters. The number of halogens is 1. The van der Waals surface area contributed by atoms with Gasteiger partial charge in [0.2, 0.25) is 0 Å². The number of hydrogen-bond acceptors (Lipinski definition) is 4. The number of aromatic nitrogens is 1. The van der Waals surface area contributed by atoms with Crippen LogP contribution < -0.4 is 0 Å². The lowest BCUT2D eigenvalue weighted by molar-refractivity contribution is -0.116. The SMILES string of the molecule is O=C(CSc1ccccc1F)Cc1nccs1. The molecule has 0 radical (unpaired) electrons. The zero-order valence-electron chi connectivity index (χ0n) is 8.93. The summed E-state index contributed by atoms with van der Waals surface area (Å²) in [5.41, 5.74) is 0. The third-order valence-corrected chi connectivity index (χ3v) is 3.95. The van der Waals surface area contributed by atoms with Gasteiger partial charge in [0.05, 0.1) is 17.2 Å². The van der Waals surface area contributed by atoms with Crippen LogP contribution in [-0.2, 0) is 11.2 Å². The van der Waals surface area contributed by atoms with Crippen molar-refractivity contribution in [2.75, 3.05) is 5.75 Å². The molecule has 0 spiro atoms. The zero-order chi connectivity index (χ0) is 12.1. The molecule has 2 nitrogen and oxygen atoms in total. The summed E-state index contributed by atoms with van der Waals surface area (Å²) >= 11 is 2.69. The van der Waals surface area contributed by atoms with E-state index < -0.39 is 0 Å². The molecule has 1 heterocycles. The smallest absolute Gasteiger partial charge is 0.149 e. The quantitative estimate of drug-likeness (QED) is 0.779. The first-order chi connectivity index (χ1) is 8.25.